The molecule has 1 aromatic rings. The second-order valence-electron chi connectivity index (χ2n) is 5.79. The van der Waals surface area contributed by atoms with Crippen molar-refractivity contribution < 1.29 is 8.42 Å². The summed E-state index contributed by atoms with van der Waals surface area (Å²) in [7, 11) is -4.43. The highest BCUT2D eigenvalue weighted by atomic mass is 127. The van der Waals surface area contributed by atoms with Crippen molar-refractivity contribution in [1.82, 2.24) is 0 Å². The largest absolute Gasteiger partial charge is 0.223 e. The van der Waals surface area contributed by atoms with Crippen LogP contribution in [0.4, 0.5) is 0 Å². The molecule has 106 valence electrons. The lowest BCUT2D eigenvalue weighted by Gasteiger charge is -2.19. The number of hydrogen-bond acceptors (Lipinski definition) is 2. The maximum Gasteiger partial charge on any atom is 0.181 e. The van der Waals surface area contributed by atoms with Crippen LogP contribution in [-0.2, 0) is 9.84 Å². The van der Waals surface area contributed by atoms with Gasteiger partial charge in [-0.1, -0.05) is 72.1 Å². The molecule has 5 heteroatoms. The molecule has 1 aromatic carbocycles. The van der Waals surface area contributed by atoms with Crippen molar-refractivity contribution >= 4 is 40.5 Å². The maximum atomic E-state index is 12.1. The number of benzene rings is 1. The topological polar surface area (TPSA) is 34.1 Å². The predicted octanol–water partition coefficient (Wildman–Crippen LogP) is 4.01. The van der Waals surface area contributed by atoms with Crippen LogP contribution in [0.3, 0.4) is 0 Å². The lowest BCUT2D eigenvalue weighted by molar-refractivity contribution is 0.599. The van der Waals surface area contributed by atoms with Crippen LogP contribution in [0.5, 0.6) is 0 Å². The summed E-state index contributed by atoms with van der Waals surface area (Å²) >= 11 is 2.40. The molecule has 0 saturated heterocycles. The summed E-state index contributed by atoms with van der Waals surface area (Å²) in [5, 5.41) is 0. The third-order valence-corrected chi connectivity index (χ3v) is 12.3. The molecule has 0 saturated carbocycles. The van der Waals surface area contributed by atoms with Crippen LogP contribution in [0.1, 0.15) is 5.56 Å². The third kappa shape index (κ3) is 5.39. The first-order valence-electron chi connectivity index (χ1n) is 6.23. The Labute approximate surface area is 131 Å². The minimum absolute atomic E-state index is 0.0834. The van der Waals surface area contributed by atoms with Crippen molar-refractivity contribution in [3.63, 3.8) is 0 Å². The van der Waals surface area contributed by atoms with Crippen LogP contribution in [0.2, 0.25) is 19.6 Å². The zero-order valence-corrected chi connectivity index (χ0v) is 15.8. The smallest absolute Gasteiger partial charge is 0.181 e. The van der Waals surface area contributed by atoms with Gasteiger partial charge in [0.2, 0.25) is 0 Å². The van der Waals surface area contributed by atoms with E-state index in [0.717, 1.165) is 5.56 Å². The quantitative estimate of drug-likeness (QED) is 0.319. The summed E-state index contributed by atoms with van der Waals surface area (Å²) in [4.78, 5) is 0.403. The molecule has 0 heterocycles. The van der Waals surface area contributed by atoms with Gasteiger partial charge >= 0.3 is 0 Å². The molecule has 1 atom stereocenters. The second-order valence-corrected chi connectivity index (χ2v) is 15.7. The monoisotopic (exact) mass is 408 g/mol. The minimum atomic E-state index is -3.19. The van der Waals surface area contributed by atoms with Crippen molar-refractivity contribution in [3.8, 4) is 0 Å². The molecule has 0 aliphatic heterocycles. The van der Waals surface area contributed by atoms with Crippen LogP contribution in [-0.4, -0.2) is 25.8 Å². The van der Waals surface area contributed by atoms with Gasteiger partial charge in [-0.05, 0) is 19.1 Å². The normalized spacial score (nSPS) is 14.8. The molecule has 0 amide bonds. The van der Waals surface area contributed by atoms with Crippen LogP contribution >= 0.6 is 22.6 Å². The van der Waals surface area contributed by atoms with Crippen LogP contribution in [0.15, 0.2) is 41.3 Å². The molecule has 0 bridgehead atoms. The Morgan fingerprint density at radius 2 is 1.74 bits per heavy atom. The van der Waals surface area contributed by atoms with Crippen LogP contribution < -0.4 is 0 Å². The van der Waals surface area contributed by atoms with E-state index in [9.17, 15) is 8.42 Å². The van der Waals surface area contributed by atoms with Gasteiger partial charge in [-0.3, -0.25) is 0 Å². The molecule has 1 rings (SSSR count). The van der Waals surface area contributed by atoms with Gasteiger partial charge in [0, 0.05) is 3.55 Å². The third-order valence-electron chi connectivity index (χ3n) is 2.83. The van der Waals surface area contributed by atoms with E-state index >= 15 is 0 Å². The fourth-order valence-corrected chi connectivity index (χ4v) is 3.55. The molecule has 0 aliphatic rings. The average molecular weight is 408 g/mol. The number of aryl methyl sites for hydroxylation is 1. The SMILES string of the molecule is Cc1ccc(S(=O)(=O)C/C=C/C(I)[Si](C)(C)C)cc1. The molecular formula is C14H21IO2SSi. The summed E-state index contributed by atoms with van der Waals surface area (Å²) in [5.74, 6) is 0.0834. The maximum absolute atomic E-state index is 12.1. The fraction of sp³-hybridized carbons (Fsp3) is 0.429. The van der Waals surface area contributed by atoms with E-state index in [1.807, 2.05) is 25.1 Å². The van der Waals surface area contributed by atoms with Crippen molar-refractivity contribution in [2.24, 2.45) is 0 Å². The molecule has 19 heavy (non-hydrogen) atoms. The Morgan fingerprint density at radius 3 is 2.21 bits per heavy atom. The van der Waals surface area contributed by atoms with E-state index in [4.69, 9.17) is 0 Å². The van der Waals surface area contributed by atoms with Crippen LogP contribution in [0, 0.1) is 6.92 Å². The lowest BCUT2D eigenvalue weighted by atomic mass is 10.2. The Kier molecular flexibility index (Phi) is 5.82. The number of rotatable bonds is 5. The average Bonchev–Trinajstić information content (AvgIpc) is 2.28. The number of hydrogen-bond donors (Lipinski definition) is 0. The first-order valence-corrected chi connectivity index (χ1v) is 12.7. The van der Waals surface area contributed by atoms with Gasteiger partial charge in [0.25, 0.3) is 0 Å². The number of alkyl halides is 1. The van der Waals surface area contributed by atoms with Crippen molar-refractivity contribution in [2.75, 3.05) is 5.75 Å². The van der Waals surface area contributed by atoms with Crippen molar-refractivity contribution in [3.05, 3.63) is 42.0 Å². The number of sulfone groups is 1. The molecule has 0 aromatic heterocycles. The zero-order chi connectivity index (χ0) is 14.7. The molecular weight excluding hydrogens is 387 g/mol. The highest BCUT2D eigenvalue weighted by molar-refractivity contribution is 14.1. The van der Waals surface area contributed by atoms with E-state index in [1.165, 1.54) is 0 Å². The fourth-order valence-electron chi connectivity index (χ4n) is 1.43. The highest BCUT2D eigenvalue weighted by Crippen LogP contribution is 2.18. The summed E-state index contributed by atoms with van der Waals surface area (Å²) in [6, 6.07) is 7.02. The minimum Gasteiger partial charge on any atom is -0.223 e. The Morgan fingerprint density at radius 1 is 1.21 bits per heavy atom. The highest BCUT2D eigenvalue weighted by Gasteiger charge is 2.21. The van der Waals surface area contributed by atoms with Gasteiger partial charge in [0.1, 0.15) is 0 Å². The summed E-state index contributed by atoms with van der Waals surface area (Å²) in [6.07, 6.45) is 3.84. The zero-order valence-electron chi connectivity index (χ0n) is 11.9. The molecule has 0 radical (unpaired) electrons. The van der Waals surface area contributed by atoms with Gasteiger partial charge in [-0.15, -0.1) is 0 Å². The van der Waals surface area contributed by atoms with E-state index < -0.39 is 17.9 Å². The van der Waals surface area contributed by atoms with Crippen molar-refractivity contribution in [1.29, 1.82) is 0 Å². The van der Waals surface area contributed by atoms with Gasteiger partial charge in [0.05, 0.1) is 18.7 Å². The predicted molar refractivity (Wildman–Crippen MR) is 93.5 cm³/mol. The van der Waals surface area contributed by atoms with Gasteiger partial charge < -0.3 is 0 Å². The molecule has 2 nitrogen and oxygen atoms in total. The molecule has 0 N–H and O–H groups in total. The molecule has 0 spiro atoms. The van der Waals surface area contributed by atoms with E-state index in [2.05, 4.69) is 42.2 Å². The summed E-state index contributed by atoms with van der Waals surface area (Å²) in [6.45, 7) is 8.79. The lowest BCUT2D eigenvalue weighted by Crippen LogP contribution is -2.31. The summed E-state index contributed by atoms with van der Waals surface area (Å²) < 4.78 is 24.7. The van der Waals surface area contributed by atoms with Gasteiger partial charge in [0.15, 0.2) is 9.84 Å². The first-order chi connectivity index (χ1) is 8.63. The summed E-state index contributed by atoms with van der Waals surface area (Å²) in [5.41, 5.74) is 1.07. The Balaban J connectivity index is 2.77. The van der Waals surface area contributed by atoms with E-state index in [0.29, 0.717) is 8.44 Å². The Hall–Kier alpha value is -0.143. The van der Waals surface area contributed by atoms with Crippen molar-refractivity contribution in [2.45, 2.75) is 35.0 Å². The first kappa shape index (κ1) is 16.9. The second kappa shape index (κ2) is 6.54. The standard InChI is InChI=1S/C14H21IO2SSi/c1-12-7-9-13(10-8-12)18(16,17)11-5-6-14(15)19(2,3)4/h5-10,14H,11H2,1-4H3/b6-5+. The molecule has 0 aliphatic carbocycles. The van der Waals surface area contributed by atoms with E-state index in [1.54, 1.807) is 18.2 Å². The van der Waals surface area contributed by atoms with Crippen LogP contribution in [0.25, 0.3) is 0 Å². The number of halogens is 1. The number of allylic oxidation sites excluding steroid dienone is 1. The Bertz CT molecular complexity index is 542. The van der Waals surface area contributed by atoms with Gasteiger partial charge in [-0.2, -0.15) is 0 Å². The molecule has 0 fully saturated rings. The van der Waals surface area contributed by atoms with Gasteiger partial charge in [-0.25, -0.2) is 8.42 Å². The molecule has 1 unspecified atom stereocenters. The van der Waals surface area contributed by atoms with E-state index in [-0.39, 0.29) is 5.75 Å².